The summed E-state index contributed by atoms with van der Waals surface area (Å²) in [6.07, 6.45) is 4.01. The predicted octanol–water partition coefficient (Wildman–Crippen LogP) is 1.44. The number of carboxylic acids is 1. The molecule has 7 heteroatoms. The van der Waals surface area contributed by atoms with Crippen molar-refractivity contribution >= 4 is 22.8 Å². The van der Waals surface area contributed by atoms with Gasteiger partial charge in [-0.1, -0.05) is 0 Å². The Morgan fingerprint density at radius 3 is 2.85 bits per heavy atom. The van der Waals surface area contributed by atoms with Crippen LogP contribution in [-0.2, 0) is 11.8 Å². The van der Waals surface area contributed by atoms with Crippen LogP contribution in [0.4, 0.5) is 5.82 Å². The maximum absolute atomic E-state index is 10.6. The first-order chi connectivity index (χ1) is 9.50. The molecule has 0 aliphatic carbocycles. The van der Waals surface area contributed by atoms with E-state index >= 15 is 0 Å². The summed E-state index contributed by atoms with van der Waals surface area (Å²) in [5.74, 6) is 0.0337. The molecule has 0 spiro atoms. The molecule has 0 aliphatic rings. The smallest absolute Gasteiger partial charge is 0.303 e. The van der Waals surface area contributed by atoms with Crippen molar-refractivity contribution in [2.75, 3.05) is 11.4 Å². The van der Waals surface area contributed by atoms with Crippen molar-refractivity contribution in [3.8, 4) is 0 Å². The molecule has 0 fully saturated rings. The van der Waals surface area contributed by atoms with Crippen LogP contribution in [-0.4, -0.2) is 43.4 Å². The SMILES string of the molecule is CC(C)N(CCCC(=O)O)c1ncnc2c1cnn2C. The van der Waals surface area contributed by atoms with Gasteiger partial charge in [-0.2, -0.15) is 5.10 Å². The number of fused-ring (bicyclic) bond motifs is 1. The third kappa shape index (κ3) is 2.87. The summed E-state index contributed by atoms with van der Waals surface area (Å²) < 4.78 is 1.70. The molecule has 108 valence electrons. The van der Waals surface area contributed by atoms with Gasteiger partial charge in [0.25, 0.3) is 0 Å². The van der Waals surface area contributed by atoms with Gasteiger partial charge in [-0.3, -0.25) is 9.48 Å². The Bertz CT molecular complexity index is 608. The minimum atomic E-state index is -0.775. The number of nitrogens with zero attached hydrogens (tertiary/aromatic N) is 5. The van der Waals surface area contributed by atoms with Crippen LogP contribution in [0.1, 0.15) is 26.7 Å². The second-order valence-electron chi connectivity index (χ2n) is 4.99. The van der Waals surface area contributed by atoms with Crippen molar-refractivity contribution in [1.29, 1.82) is 0 Å². The van der Waals surface area contributed by atoms with E-state index in [1.54, 1.807) is 10.9 Å². The van der Waals surface area contributed by atoms with Gasteiger partial charge in [-0.15, -0.1) is 0 Å². The van der Waals surface area contributed by atoms with E-state index in [1.165, 1.54) is 6.33 Å². The van der Waals surface area contributed by atoms with Gasteiger partial charge in [0, 0.05) is 26.1 Å². The van der Waals surface area contributed by atoms with Crippen LogP contribution >= 0.6 is 0 Å². The second-order valence-corrected chi connectivity index (χ2v) is 4.99. The van der Waals surface area contributed by atoms with E-state index in [2.05, 4.69) is 33.8 Å². The molecule has 2 aromatic heterocycles. The molecule has 20 heavy (non-hydrogen) atoms. The third-order valence-corrected chi connectivity index (χ3v) is 3.19. The Kier molecular flexibility index (Phi) is 4.16. The Hall–Kier alpha value is -2.18. The molecular weight excluding hydrogens is 258 g/mol. The number of rotatable bonds is 6. The first-order valence-electron chi connectivity index (χ1n) is 6.62. The van der Waals surface area contributed by atoms with E-state index in [0.29, 0.717) is 13.0 Å². The van der Waals surface area contributed by atoms with Gasteiger partial charge >= 0.3 is 5.97 Å². The fraction of sp³-hybridized carbons (Fsp3) is 0.538. The van der Waals surface area contributed by atoms with Gasteiger partial charge in [0.1, 0.15) is 12.1 Å². The van der Waals surface area contributed by atoms with E-state index in [0.717, 1.165) is 16.9 Å². The van der Waals surface area contributed by atoms with Crippen molar-refractivity contribution < 1.29 is 9.90 Å². The number of aliphatic carboxylic acids is 1. The number of hydrogen-bond acceptors (Lipinski definition) is 5. The zero-order valence-corrected chi connectivity index (χ0v) is 11.9. The maximum Gasteiger partial charge on any atom is 0.303 e. The molecule has 0 radical (unpaired) electrons. The van der Waals surface area contributed by atoms with Gasteiger partial charge in [0.15, 0.2) is 5.65 Å². The molecule has 0 amide bonds. The van der Waals surface area contributed by atoms with E-state index in [4.69, 9.17) is 5.11 Å². The van der Waals surface area contributed by atoms with Gasteiger partial charge in [0.2, 0.25) is 0 Å². The van der Waals surface area contributed by atoms with Gasteiger partial charge < -0.3 is 10.0 Å². The molecule has 0 aliphatic heterocycles. The molecule has 0 aromatic carbocycles. The normalized spacial score (nSPS) is 11.2. The van der Waals surface area contributed by atoms with E-state index < -0.39 is 5.97 Å². The molecule has 0 bridgehead atoms. The number of carboxylic acid groups (broad SMARTS) is 1. The number of aromatic nitrogens is 4. The third-order valence-electron chi connectivity index (χ3n) is 3.19. The molecule has 1 N–H and O–H groups in total. The highest BCUT2D eigenvalue weighted by atomic mass is 16.4. The summed E-state index contributed by atoms with van der Waals surface area (Å²) >= 11 is 0. The lowest BCUT2D eigenvalue weighted by Crippen LogP contribution is -2.33. The second kappa shape index (κ2) is 5.85. The zero-order valence-electron chi connectivity index (χ0n) is 11.9. The van der Waals surface area contributed by atoms with Crippen molar-refractivity contribution in [3.63, 3.8) is 0 Å². The Morgan fingerprint density at radius 2 is 2.20 bits per heavy atom. The zero-order chi connectivity index (χ0) is 14.7. The molecule has 2 heterocycles. The average molecular weight is 277 g/mol. The van der Waals surface area contributed by atoms with Crippen molar-refractivity contribution in [1.82, 2.24) is 19.7 Å². The molecule has 0 saturated heterocycles. The first-order valence-corrected chi connectivity index (χ1v) is 6.62. The minimum absolute atomic E-state index is 0.157. The lowest BCUT2D eigenvalue weighted by atomic mass is 10.2. The number of aryl methyl sites for hydroxylation is 1. The molecule has 0 saturated carbocycles. The van der Waals surface area contributed by atoms with Crippen molar-refractivity contribution in [2.45, 2.75) is 32.7 Å². The molecular formula is C13H19N5O2. The number of carbonyl (C=O) groups is 1. The summed E-state index contributed by atoms with van der Waals surface area (Å²) in [5, 5.41) is 13.8. The van der Waals surface area contributed by atoms with Crippen molar-refractivity contribution in [2.24, 2.45) is 7.05 Å². The van der Waals surface area contributed by atoms with Crippen LogP contribution < -0.4 is 4.90 Å². The fourth-order valence-electron chi connectivity index (χ4n) is 2.19. The van der Waals surface area contributed by atoms with Gasteiger partial charge in [-0.25, -0.2) is 9.97 Å². The highest BCUT2D eigenvalue weighted by molar-refractivity contribution is 5.86. The summed E-state index contributed by atoms with van der Waals surface area (Å²) in [7, 11) is 1.84. The number of anilines is 1. The van der Waals surface area contributed by atoms with E-state index in [1.807, 2.05) is 7.05 Å². The quantitative estimate of drug-likeness (QED) is 0.860. The highest BCUT2D eigenvalue weighted by Crippen LogP contribution is 2.24. The van der Waals surface area contributed by atoms with Crippen molar-refractivity contribution in [3.05, 3.63) is 12.5 Å². The topological polar surface area (TPSA) is 84.1 Å². The predicted molar refractivity (Wildman–Crippen MR) is 75.7 cm³/mol. The lowest BCUT2D eigenvalue weighted by molar-refractivity contribution is -0.137. The average Bonchev–Trinajstić information content (AvgIpc) is 2.76. The molecule has 0 atom stereocenters. The summed E-state index contributed by atoms with van der Waals surface area (Å²) in [6.45, 7) is 4.77. The van der Waals surface area contributed by atoms with E-state index in [9.17, 15) is 4.79 Å². The highest BCUT2D eigenvalue weighted by Gasteiger charge is 2.17. The molecule has 2 rings (SSSR count). The lowest BCUT2D eigenvalue weighted by Gasteiger charge is -2.28. The van der Waals surface area contributed by atoms with Crippen LogP contribution in [0.15, 0.2) is 12.5 Å². The van der Waals surface area contributed by atoms with Crippen LogP contribution in [0.25, 0.3) is 11.0 Å². The first kappa shape index (κ1) is 14.2. The van der Waals surface area contributed by atoms with Crippen LogP contribution in [0.3, 0.4) is 0 Å². The van der Waals surface area contributed by atoms with E-state index in [-0.39, 0.29) is 12.5 Å². The van der Waals surface area contributed by atoms with Crippen LogP contribution in [0.5, 0.6) is 0 Å². The summed E-state index contributed by atoms with van der Waals surface area (Å²) in [4.78, 5) is 21.3. The summed E-state index contributed by atoms with van der Waals surface area (Å²) in [6, 6.07) is 0.224. The largest absolute Gasteiger partial charge is 0.481 e. The molecule has 2 aromatic rings. The Balaban J connectivity index is 2.29. The Labute approximate surface area is 117 Å². The maximum atomic E-state index is 10.6. The van der Waals surface area contributed by atoms with Gasteiger partial charge in [0.05, 0.1) is 11.6 Å². The minimum Gasteiger partial charge on any atom is -0.481 e. The summed E-state index contributed by atoms with van der Waals surface area (Å²) in [5.41, 5.74) is 0.777. The molecule has 7 nitrogen and oxygen atoms in total. The fourth-order valence-corrected chi connectivity index (χ4v) is 2.19. The standard InChI is InChI=1S/C13H19N5O2/c1-9(2)18(6-4-5-11(19)20)13-10-7-16-17(3)12(10)14-8-15-13/h7-9H,4-6H2,1-3H3,(H,19,20). The Morgan fingerprint density at radius 1 is 1.45 bits per heavy atom. The molecule has 0 unspecified atom stereocenters. The number of hydrogen-bond donors (Lipinski definition) is 1. The van der Waals surface area contributed by atoms with Crippen LogP contribution in [0.2, 0.25) is 0 Å². The monoisotopic (exact) mass is 277 g/mol. The van der Waals surface area contributed by atoms with Crippen LogP contribution in [0, 0.1) is 0 Å². The van der Waals surface area contributed by atoms with Gasteiger partial charge in [-0.05, 0) is 20.3 Å².